The first-order valence-corrected chi connectivity index (χ1v) is 8.03. The number of halogens is 3. The van der Waals surface area contributed by atoms with Crippen molar-refractivity contribution in [2.75, 3.05) is 32.7 Å². The topological polar surface area (TPSA) is 53.4 Å². The van der Waals surface area contributed by atoms with Gasteiger partial charge in [-0.1, -0.05) is 0 Å². The molecule has 6 nitrogen and oxygen atoms in total. The van der Waals surface area contributed by atoms with Crippen molar-refractivity contribution in [3.63, 3.8) is 0 Å². The molecule has 1 N–H and O–H groups in total. The minimum atomic E-state index is -2.77. The van der Waals surface area contributed by atoms with Crippen LogP contribution in [0.15, 0.2) is 12.4 Å². The van der Waals surface area contributed by atoms with E-state index in [1.165, 1.54) is 0 Å². The van der Waals surface area contributed by atoms with Gasteiger partial charge in [0.15, 0.2) is 0 Å². The van der Waals surface area contributed by atoms with Crippen molar-refractivity contribution >= 4 is 18.3 Å². The quantitative estimate of drug-likeness (QED) is 0.866. The molecule has 3 heterocycles. The summed E-state index contributed by atoms with van der Waals surface area (Å²) in [6.45, 7) is 3.27. The first-order chi connectivity index (χ1) is 10.9. The number of amides is 1. The molecule has 136 valence electrons. The second-order valence-corrected chi connectivity index (χ2v) is 6.47. The zero-order valence-electron chi connectivity index (χ0n) is 13.8. The van der Waals surface area contributed by atoms with E-state index in [9.17, 15) is 13.6 Å². The third kappa shape index (κ3) is 4.64. The van der Waals surface area contributed by atoms with Gasteiger partial charge in [0.1, 0.15) is 0 Å². The Balaban J connectivity index is 0.00000208. The van der Waals surface area contributed by atoms with E-state index in [0.717, 1.165) is 31.6 Å². The van der Waals surface area contributed by atoms with Crippen LogP contribution in [0.5, 0.6) is 0 Å². The molecule has 0 bridgehead atoms. The zero-order valence-corrected chi connectivity index (χ0v) is 14.6. The Kier molecular flexibility index (Phi) is 6.17. The molecule has 2 aliphatic rings. The number of aryl methyl sites for hydroxylation is 1. The summed E-state index contributed by atoms with van der Waals surface area (Å²) in [6, 6.07) is -0.741. The molecule has 2 saturated heterocycles. The summed E-state index contributed by atoms with van der Waals surface area (Å²) in [5.74, 6) is -2.95. The zero-order chi connectivity index (χ0) is 16.4. The molecule has 1 atom stereocenters. The molecule has 2 fully saturated rings. The molecule has 1 aromatic rings. The predicted octanol–water partition coefficient (Wildman–Crippen LogP) is 0.873. The number of nitrogens with zero attached hydrogens (tertiary/aromatic N) is 4. The SMILES string of the molecule is Cl.Cn1cc(CN2CCCN(C(=O)C3CC(F)(F)CN3)CC2)cn1. The van der Waals surface area contributed by atoms with E-state index >= 15 is 0 Å². The number of nitrogens with one attached hydrogen (secondary N) is 1. The standard InChI is InChI=1S/C15H23F2N5O.ClH/c1-20-9-12(8-19-20)10-21-3-2-4-22(6-5-21)14(23)13-7-15(16,17)11-18-13;/h8-9,13,18H,2-7,10-11H2,1H3;1H. The van der Waals surface area contributed by atoms with Gasteiger partial charge in [0.05, 0.1) is 18.8 Å². The van der Waals surface area contributed by atoms with Crippen LogP contribution in [-0.4, -0.2) is 70.2 Å². The van der Waals surface area contributed by atoms with Crippen LogP contribution < -0.4 is 5.32 Å². The van der Waals surface area contributed by atoms with Gasteiger partial charge in [-0.3, -0.25) is 19.7 Å². The van der Waals surface area contributed by atoms with Gasteiger partial charge >= 0.3 is 0 Å². The van der Waals surface area contributed by atoms with Gasteiger partial charge in [-0.05, 0) is 6.42 Å². The second-order valence-electron chi connectivity index (χ2n) is 6.47. The van der Waals surface area contributed by atoms with Crippen LogP contribution in [0.4, 0.5) is 8.78 Å². The first-order valence-electron chi connectivity index (χ1n) is 8.03. The fraction of sp³-hybridized carbons (Fsp3) is 0.733. The fourth-order valence-corrected chi connectivity index (χ4v) is 3.27. The summed E-state index contributed by atoms with van der Waals surface area (Å²) in [6.07, 6.45) is 4.30. The Bertz CT molecular complexity index is 568. The highest BCUT2D eigenvalue weighted by Crippen LogP contribution is 2.26. The van der Waals surface area contributed by atoms with Crippen molar-refractivity contribution in [2.45, 2.75) is 31.4 Å². The Labute approximate surface area is 146 Å². The average Bonchev–Trinajstić information content (AvgIpc) is 2.97. The molecule has 0 saturated carbocycles. The van der Waals surface area contributed by atoms with E-state index in [4.69, 9.17) is 0 Å². The van der Waals surface area contributed by atoms with Crippen molar-refractivity contribution < 1.29 is 13.6 Å². The Morgan fingerprint density at radius 3 is 2.79 bits per heavy atom. The molecule has 24 heavy (non-hydrogen) atoms. The lowest BCUT2D eigenvalue weighted by molar-refractivity contribution is -0.133. The predicted molar refractivity (Wildman–Crippen MR) is 88.3 cm³/mol. The first kappa shape index (κ1) is 19.1. The largest absolute Gasteiger partial charge is 0.340 e. The average molecular weight is 364 g/mol. The molecule has 2 aliphatic heterocycles. The van der Waals surface area contributed by atoms with E-state index in [1.54, 1.807) is 9.58 Å². The van der Waals surface area contributed by atoms with Crippen LogP contribution >= 0.6 is 12.4 Å². The number of hydrogen-bond donors (Lipinski definition) is 1. The maximum Gasteiger partial charge on any atom is 0.262 e. The normalized spacial score (nSPS) is 24.5. The lowest BCUT2D eigenvalue weighted by atomic mass is 10.1. The maximum absolute atomic E-state index is 13.3. The maximum atomic E-state index is 13.3. The van der Waals surface area contributed by atoms with Crippen molar-refractivity contribution in [3.05, 3.63) is 18.0 Å². The third-order valence-electron chi connectivity index (χ3n) is 4.47. The lowest BCUT2D eigenvalue weighted by Gasteiger charge is -2.24. The van der Waals surface area contributed by atoms with Gasteiger partial charge in [-0.25, -0.2) is 8.78 Å². The van der Waals surface area contributed by atoms with Gasteiger partial charge in [-0.15, -0.1) is 12.4 Å². The van der Waals surface area contributed by atoms with E-state index in [2.05, 4.69) is 15.3 Å². The van der Waals surface area contributed by atoms with Gasteiger partial charge in [0.25, 0.3) is 5.92 Å². The highest BCUT2D eigenvalue weighted by Gasteiger charge is 2.43. The number of carbonyl (C=O) groups is 1. The van der Waals surface area contributed by atoms with Crippen LogP contribution in [0.1, 0.15) is 18.4 Å². The van der Waals surface area contributed by atoms with E-state index in [1.807, 2.05) is 19.4 Å². The molecule has 3 rings (SSSR count). The highest BCUT2D eigenvalue weighted by atomic mass is 35.5. The number of hydrogen-bond acceptors (Lipinski definition) is 4. The molecule has 0 aromatic carbocycles. The summed E-state index contributed by atoms with van der Waals surface area (Å²) >= 11 is 0. The Morgan fingerprint density at radius 1 is 1.38 bits per heavy atom. The van der Waals surface area contributed by atoms with Crippen molar-refractivity contribution in [1.29, 1.82) is 0 Å². The van der Waals surface area contributed by atoms with E-state index < -0.39 is 18.5 Å². The minimum Gasteiger partial charge on any atom is -0.340 e. The Hall–Kier alpha value is -1.25. The van der Waals surface area contributed by atoms with Crippen molar-refractivity contribution in [2.24, 2.45) is 7.05 Å². The molecule has 0 aliphatic carbocycles. The van der Waals surface area contributed by atoms with Crippen molar-refractivity contribution in [1.82, 2.24) is 24.9 Å². The van der Waals surface area contributed by atoms with Gasteiger partial charge in [0.2, 0.25) is 5.91 Å². The van der Waals surface area contributed by atoms with Gasteiger partial charge in [0, 0.05) is 58.0 Å². The molecular weight excluding hydrogens is 340 g/mol. The molecular formula is C15H24ClF2N5O. The summed E-state index contributed by atoms with van der Waals surface area (Å²) in [7, 11) is 1.89. The van der Waals surface area contributed by atoms with Crippen molar-refractivity contribution in [3.8, 4) is 0 Å². The van der Waals surface area contributed by atoms with E-state index in [0.29, 0.717) is 13.1 Å². The van der Waals surface area contributed by atoms with Crippen LogP contribution in [0.2, 0.25) is 0 Å². The summed E-state index contributed by atoms with van der Waals surface area (Å²) in [4.78, 5) is 16.4. The van der Waals surface area contributed by atoms with Crippen LogP contribution in [0.25, 0.3) is 0 Å². The smallest absolute Gasteiger partial charge is 0.262 e. The van der Waals surface area contributed by atoms with Gasteiger partial charge in [-0.2, -0.15) is 5.10 Å². The number of alkyl halides is 2. The number of carbonyl (C=O) groups excluding carboxylic acids is 1. The van der Waals surface area contributed by atoms with Gasteiger partial charge < -0.3 is 4.90 Å². The lowest BCUT2D eigenvalue weighted by Crippen LogP contribution is -2.45. The molecule has 0 spiro atoms. The van der Waals surface area contributed by atoms with Crippen LogP contribution in [-0.2, 0) is 18.4 Å². The number of aromatic nitrogens is 2. The molecule has 9 heteroatoms. The molecule has 1 amide bonds. The summed E-state index contributed by atoms with van der Waals surface area (Å²) < 4.78 is 28.3. The molecule has 1 aromatic heterocycles. The third-order valence-corrected chi connectivity index (χ3v) is 4.47. The minimum absolute atomic E-state index is 0. The summed E-state index contributed by atoms with van der Waals surface area (Å²) in [5, 5.41) is 6.81. The fourth-order valence-electron chi connectivity index (χ4n) is 3.27. The van der Waals surface area contributed by atoms with E-state index in [-0.39, 0.29) is 24.7 Å². The highest BCUT2D eigenvalue weighted by molar-refractivity contribution is 5.85. The Morgan fingerprint density at radius 2 is 2.17 bits per heavy atom. The summed E-state index contributed by atoms with van der Waals surface area (Å²) in [5.41, 5.74) is 1.14. The number of rotatable bonds is 3. The van der Waals surface area contributed by atoms with Crippen LogP contribution in [0, 0.1) is 0 Å². The second kappa shape index (κ2) is 7.76. The molecule has 1 unspecified atom stereocenters. The van der Waals surface area contributed by atoms with Crippen LogP contribution in [0.3, 0.4) is 0 Å². The molecule has 0 radical (unpaired) electrons. The monoisotopic (exact) mass is 363 g/mol.